The van der Waals surface area contributed by atoms with E-state index in [1.807, 2.05) is 36.4 Å². The van der Waals surface area contributed by atoms with Gasteiger partial charge in [0.1, 0.15) is 12.4 Å². The smallest absolute Gasteiger partial charge is 0.255 e. The fourth-order valence-corrected chi connectivity index (χ4v) is 3.41. The number of rotatable bonds is 2. The molecule has 134 valence electrons. The molecule has 27 heavy (non-hydrogen) atoms. The van der Waals surface area contributed by atoms with Gasteiger partial charge in [-0.3, -0.25) is 9.59 Å². The average Bonchev–Trinajstić information content (AvgIpc) is 2.84. The standard InChI is InChI=1S/C22H17FN2O2/c23-17-11-12-19-18(13-17)21(15-7-3-1-4-8-15)25(14-20(26)24-19)22(27)16-9-5-2-6-10-16/h1-13,21H,14H2,(H,24,26)/t21-/m1/s1. The van der Waals surface area contributed by atoms with E-state index in [2.05, 4.69) is 5.32 Å². The summed E-state index contributed by atoms with van der Waals surface area (Å²) in [7, 11) is 0. The first-order valence-electron chi connectivity index (χ1n) is 8.64. The van der Waals surface area contributed by atoms with Gasteiger partial charge in [-0.25, -0.2) is 4.39 Å². The van der Waals surface area contributed by atoms with Crippen LogP contribution >= 0.6 is 0 Å². The van der Waals surface area contributed by atoms with Gasteiger partial charge in [0.05, 0.1) is 6.04 Å². The summed E-state index contributed by atoms with van der Waals surface area (Å²) >= 11 is 0. The minimum atomic E-state index is -0.580. The number of benzene rings is 3. The van der Waals surface area contributed by atoms with Gasteiger partial charge in [-0.2, -0.15) is 0 Å². The molecule has 0 bridgehead atoms. The molecule has 0 unspecified atom stereocenters. The summed E-state index contributed by atoms with van der Waals surface area (Å²) in [5, 5.41) is 2.79. The van der Waals surface area contributed by atoms with Crippen LogP contribution < -0.4 is 5.32 Å². The number of carbonyl (C=O) groups excluding carboxylic acids is 2. The minimum absolute atomic E-state index is 0.121. The predicted molar refractivity (Wildman–Crippen MR) is 101 cm³/mol. The molecule has 0 fully saturated rings. The van der Waals surface area contributed by atoms with Crippen molar-refractivity contribution in [3.8, 4) is 0 Å². The molecule has 0 saturated heterocycles. The van der Waals surface area contributed by atoms with E-state index in [-0.39, 0.29) is 18.4 Å². The van der Waals surface area contributed by atoms with Gasteiger partial charge in [0.15, 0.2) is 0 Å². The molecule has 2 amide bonds. The van der Waals surface area contributed by atoms with Crippen molar-refractivity contribution in [2.45, 2.75) is 6.04 Å². The Morgan fingerprint density at radius 2 is 1.63 bits per heavy atom. The zero-order valence-corrected chi connectivity index (χ0v) is 14.4. The topological polar surface area (TPSA) is 49.4 Å². The Bertz CT molecular complexity index is 990. The van der Waals surface area contributed by atoms with Crippen LogP contribution in [-0.4, -0.2) is 23.3 Å². The largest absolute Gasteiger partial charge is 0.324 e. The number of hydrogen-bond donors (Lipinski definition) is 1. The molecule has 1 aliphatic rings. The molecule has 0 spiro atoms. The average molecular weight is 360 g/mol. The zero-order chi connectivity index (χ0) is 18.8. The number of nitrogens with zero attached hydrogens (tertiary/aromatic N) is 1. The lowest BCUT2D eigenvalue weighted by Crippen LogP contribution is -2.39. The number of nitrogens with one attached hydrogen (secondary N) is 1. The third-order valence-electron chi connectivity index (χ3n) is 4.60. The molecular weight excluding hydrogens is 343 g/mol. The number of halogens is 1. The first-order valence-corrected chi connectivity index (χ1v) is 8.64. The van der Waals surface area contributed by atoms with Crippen molar-refractivity contribution in [1.29, 1.82) is 0 Å². The fraction of sp³-hybridized carbons (Fsp3) is 0.0909. The van der Waals surface area contributed by atoms with Gasteiger partial charge in [0.2, 0.25) is 5.91 Å². The maximum atomic E-state index is 14.0. The van der Waals surface area contributed by atoms with Gasteiger partial charge in [-0.15, -0.1) is 0 Å². The third-order valence-corrected chi connectivity index (χ3v) is 4.60. The lowest BCUT2D eigenvalue weighted by molar-refractivity contribution is -0.117. The van der Waals surface area contributed by atoms with E-state index in [0.717, 1.165) is 5.56 Å². The highest BCUT2D eigenvalue weighted by Gasteiger charge is 2.34. The number of amides is 2. The maximum Gasteiger partial charge on any atom is 0.255 e. The second kappa shape index (κ2) is 7.03. The second-order valence-corrected chi connectivity index (χ2v) is 6.39. The molecule has 0 aromatic heterocycles. The van der Waals surface area contributed by atoms with Crippen LogP contribution in [0.15, 0.2) is 78.9 Å². The lowest BCUT2D eigenvalue weighted by Gasteiger charge is -2.30. The highest BCUT2D eigenvalue weighted by Crippen LogP contribution is 2.36. The van der Waals surface area contributed by atoms with Gasteiger partial charge in [0.25, 0.3) is 5.91 Å². The molecule has 4 nitrogen and oxygen atoms in total. The maximum absolute atomic E-state index is 14.0. The predicted octanol–water partition coefficient (Wildman–Crippen LogP) is 4.01. The van der Waals surface area contributed by atoms with E-state index in [9.17, 15) is 14.0 Å². The van der Waals surface area contributed by atoms with Crippen LogP contribution in [-0.2, 0) is 4.79 Å². The van der Waals surface area contributed by atoms with Crippen molar-refractivity contribution in [3.05, 3.63) is 101 Å². The molecule has 0 saturated carbocycles. The molecule has 1 N–H and O–H groups in total. The van der Waals surface area contributed by atoms with E-state index < -0.39 is 11.9 Å². The van der Waals surface area contributed by atoms with Crippen LogP contribution in [0.5, 0.6) is 0 Å². The lowest BCUT2D eigenvalue weighted by atomic mass is 9.95. The summed E-state index contributed by atoms with van der Waals surface area (Å²) < 4.78 is 14.0. The van der Waals surface area contributed by atoms with Crippen molar-refractivity contribution in [1.82, 2.24) is 4.90 Å². The summed E-state index contributed by atoms with van der Waals surface area (Å²) in [5.74, 6) is -1.01. The van der Waals surface area contributed by atoms with E-state index >= 15 is 0 Å². The van der Waals surface area contributed by atoms with Crippen LogP contribution in [0.4, 0.5) is 10.1 Å². The van der Waals surface area contributed by atoms with Crippen LogP contribution in [0.3, 0.4) is 0 Å². The van der Waals surface area contributed by atoms with Crippen molar-refractivity contribution >= 4 is 17.5 Å². The fourth-order valence-electron chi connectivity index (χ4n) is 3.41. The number of anilines is 1. The highest BCUT2D eigenvalue weighted by atomic mass is 19.1. The van der Waals surface area contributed by atoms with Gasteiger partial charge < -0.3 is 10.2 Å². The summed E-state index contributed by atoms with van der Waals surface area (Å²) in [4.78, 5) is 27.2. The minimum Gasteiger partial charge on any atom is -0.324 e. The molecule has 5 heteroatoms. The van der Waals surface area contributed by atoms with E-state index in [4.69, 9.17) is 0 Å². The van der Waals surface area contributed by atoms with Crippen molar-refractivity contribution in [3.63, 3.8) is 0 Å². The molecule has 3 aromatic rings. The van der Waals surface area contributed by atoms with Gasteiger partial charge in [0, 0.05) is 16.8 Å². The highest BCUT2D eigenvalue weighted by molar-refractivity contribution is 6.01. The molecule has 4 rings (SSSR count). The quantitative estimate of drug-likeness (QED) is 0.751. The van der Waals surface area contributed by atoms with Crippen molar-refractivity contribution in [2.24, 2.45) is 0 Å². The Hall–Kier alpha value is -3.47. The van der Waals surface area contributed by atoms with Crippen LogP contribution in [0.25, 0.3) is 0 Å². The molecule has 1 atom stereocenters. The second-order valence-electron chi connectivity index (χ2n) is 6.39. The zero-order valence-electron chi connectivity index (χ0n) is 14.4. The third kappa shape index (κ3) is 3.31. The van der Waals surface area contributed by atoms with Crippen LogP contribution in [0.1, 0.15) is 27.5 Å². The first kappa shape index (κ1) is 17.0. The Balaban J connectivity index is 1.90. The summed E-state index contributed by atoms with van der Waals surface area (Å²) in [6, 6.07) is 21.8. The van der Waals surface area contributed by atoms with Gasteiger partial charge >= 0.3 is 0 Å². The van der Waals surface area contributed by atoms with Crippen molar-refractivity contribution < 1.29 is 14.0 Å². The molecular formula is C22H17FN2O2. The summed E-state index contributed by atoms with van der Waals surface area (Å²) in [5.41, 5.74) is 2.35. The molecule has 1 heterocycles. The van der Waals surface area contributed by atoms with E-state index in [1.165, 1.54) is 23.1 Å². The molecule has 0 aliphatic carbocycles. The number of hydrogen-bond acceptors (Lipinski definition) is 2. The monoisotopic (exact) mass is 360 g/mol. The Labute approximate surface area is 156 Å². The van der Waals surface area contributed by atoms with Crippen LogP contribution in [0, 0.1) is 5.82 Å². The van der Waals surface area contributed by atoms with Gasteiger partial charge in [-0.1, -0.05) is 48.5 Å². The van der Waals surface area contributed by atoms with Crippen LogP contribution in [0.2, 0.25) is 0 Å². The molecule has 1 aliphatic heterocycles. The Morgan fingerprint density at radius 3 is 2.33 bits per heavy atom. The first-order chi connectivity index (χ1) is 13.1. The number of carbonyl (C=O) groups is 2. The Morgan fingerprint density at radius 1 is 0.963 bits per heavy atom. The number of fused-ring (bicyclic) bond motifs is 1. The summed E-state index contributed by atoms with van der Waals surface area (Å²) in [6.45, 7) is -0.121. The SMILES string of the molecule is O=C1CN(C(=O)c2ccccc2)[C@H](c2ccccc2)c2cc(F)ccc2N1. The summed E-state index contributed by atoms with van der Waals surface area (Å²) in [6.07, 6.45) is 0. The van der Waals surface area contributed by atoms with Crippen molar-refractivity contribution in [2.75, 3.05) is 11.9 Å². The van der Waals surface area contributed by atoms with Gasteiger partial charge in [-0.05, 0) is 35.9 Å². The normalized spacial score (nSPS) is 16.3. The Kier molecular flexibility index (Phi) is 4.42. The molecule has 0 radical (unpaired) electrons. The van der Waals surface area contributed by atoms with E-state index in [1.54, 1.807) is 24.3 Å². The van der Waals surface area contributed by atoms with E-state index in [0.29, 0.717) is 16.8 Å². The molecule has 3 aromatic carbocycles.